The van der Waals surface area contributed by atoms with Gasteiger partial charge in [-0.25, -0.2) is 9.97 Å². The predicted octanol–water partition coefficient (Wildman–Crippen LogP) is 5.63. The molecule has 0 saturated carbocycles. The Morgan fingerprint density at radius 2 is 1.63 bits per heavy atom. The number of anilines is 2. The molecule has 0 aliphatic carbocycles. The second-order valence-electron chi connectivity index (χ2n) is 7.31. The maximum Gasteiger partial charge on any atom is 0.272 e. The molecule has 4 aromatic rings. The molecule has 3 N–H and O–H groups in total. The molecule has 0 aliphatic heterocycles. The van der Waals surface area contributed by atoms with E-state index in [0.29, 0.717) is 17.3 Å². The summed E-state index contributed by atoms with van der Waals surface area (Å²) < 4.78 is 0. The van der Waals surface area contributed by atoms with Crippen LogP contribution < -0.4 is 16.2 Å². The van der Waals surface area contributed by atoms with Crippen LogP contribution in [0.4, 0.5) is 11.6 Å². The van der Waals surface area contributed by atoms with Gasteiger partial charge in [0.1, 0.15) is 0 Å². The Balaban J connectivity index is 1.48. The highest BCUT2D eigenvalue weighted by molar-refractivity contribution is 6.42. The number of pyridine rings is 1. The third-order valence-corrected chi connectivity index (χ3v) is 5.70. The van der Waals surface area contributed by atoms with Gasteiger partial charge in [0.25, 0.3) is 11.8 Å². The van der Waals surface area contributed by atoms with Gasteiger partial charge >= 0.3 is 0 Å². The summed E-state index contributed by atoms with van der Waals surface area (Å²) in [5, 5.41) is 3.54. The van der Waals surface area contributed by atoms with Crippen LogP contribution in [0.3, 0.4) is 0 Å². The SMILES string of the molecule is Cc1ccc(C(=O)NNC(=O)c2c(Cl)cc(Cl)cc2Cl)cc1Nc1nccc(-c2cccnc2)n1. The summed E-state index contributed by atoms with van der Waals surface area (Å²) in [6.07, 6.45) is 5.03. The van der Waals surface area contributed by atoms with Crippen molar-refractivity contribution in [3.8, 4) is 11.3 Å². The number of hydrogen-bond acceptors (Lipinski definition) is 6. The lowest BCUT2D eigenvalue weighted by molar-refractivity contribution is 0.0847. The summed E-state index contributed by atoms with van der Waals surface area (Å²) in [5.74, 6) is -0.879. The molecule has 0 spiro atoms. The molecule has 0 saturated heterocycles. The number of benzene rings is 2. The van der Waals surface area contributed by atoms with Gasteiger partial charge in [0.15, 0.2) is 0 Å². The fourth-order valence-corrected chi connectivity index (χ4v) is 4.11. The van der Waals surface area contributed by atoms with Gasteiger partial charge in [0.2, 0.25) is 5.95 Å². The van der Waals surface area contributed by atoms with Crippen molar-refractivity contribution < 1.29 is 9.59 Å². The van der Waals surface area contributed by atoms with Crippen molar-refractivity contribution >= 4 is 58.3 Å². The number of aryl methyl sites for hydroxylation is 1. The van der Waals surface area contributed by atoms with E-state index in [1.807, 2.05) is 19.1 Å². The van der Waals surface area contributed by atoms with Gasteiger partial charge in [-0.15, -0.1) is 0 Å². The van der Waals surface area contributed by atoms with E-state index in [9.17, 15) is 9.59 Å². The van der Waals surface area contributed by atoms with E-state index in [1.54, 1.807) is 42.9 Å². The number of carbonyl (C=O) groups excluding carboxylic acids is 2. The molecule has 176 valence electrons. The standard InChI is InChI=1S/C24H17Cl3N6O2/c1-13-4-5-14(22(34)32-33-23(35)21-17(26)10-16(25)11-18(21)27)9-20(13)31-24-29-8-6-19(30-24)15-3-2-7-28-12-15/h2-12H,1H3,(H,32,34)(H,33,35)(H,29,30,31). The molecule has 2 aromatic carbocycles. The molecule has 11 heteroatoms. The number of aromatic nitrogens is 3. The maximum atomic E-state index is 12.7. The molecular weight excluding hydrogens is 511 g/mol. The fraction of sp³-hybridized carbons (Fsp3) is 0.0417. The summed E-state index contributed by atoms with van der Waals surface area (Å²) >= 11 is 18.0. The monoisotopic (exact) mass is 526 g/mol. The summed E-state index contributed by atoms with van der Waals surface area (Å²) in [4.78, 5) is 38.0. The second-order valence-corrected chi connectivity index (χ2v) is 8.57. The number of amides is 2. The van der Waals surface area contributed by atoms with Crippen LogP contribution in [0, 0.1) is 6.92 Å². The minimum atomic E-state index is -0.684. The van der Waals surface area contributed by atoms with Crippen LogP contribution in [-0.2, 0) is 0 Å². The van der Waals surface area contributed by atoms with Gasteiger partial charge < -0.3 is 5.32 Å². The number of nitrogens with zero attached hydrogens (tertiary/aromatic N) is 3. The topological polar surface area (TPSA) is 109 Å². The zero-order chi connectivity index (χ0) is 24.9. The lowest BCUT2D eigenvalue weighted by Crippen LogP contribution is -2.41. The lowest BCUT2D eigenvalue weighted by Gasteiger charge is -2.13. The van der Waals surface area contributed by atoms with Crippen molar-refractivity contribution in [1.82, 2.24) is 25.8 Å². The Hall–Kier alpha value is -3.72. The smallest absolute Gasteiger partial charge is 0.272 e. The Labute approximate surface area is 215 Å². The van der Waals surface area contributed by atoms with E-state index in [-0.39, 0.29) is 26.2 Å². The van der Waals surface area contributed by atoms with Crippen LogP contribution in [0.1, 0.15) is 26.3 Å². The zero-order valence-corrected chi connectivity index (χ0v) is 20.4. The Morgan fingerprint density at radius 1 is 0.886 bits per heavy atom. The van der Waals surface area contributed by atoms with Gasteiger partial charge in [-0.3, -0.25) is 25.4 Å². The molecule has 0 fully saturated rings. The van der Waals surface area contributed by atoms with Crippen molar-refractivity contribution in [2.75, 3.05) is 5.32 Å². The van der Waals surface area contributed by atoms with Gasteiger partial charge in [-0.2, -0.15) is 0 Å². The van der Waals surface area contributed by atoms with E-state index in [1.165, 1.54) is 12.1 Å². The summed E-state index contributed by atoms with van der Waals surface area (Å²) in [6.45, 7) is 1.88. The van der Waals surface area contributed by atoms with Crippen LogP contribution in [0.5, 0.6) is 0 Å². The number of carbonyl (C=O) groups is 2. The van der Waals surface area contributed by atoms with Crippen LogP contribution in [-0.4, -0.2) is 26.8 Å². The first-order chi connectivity index (χ1) is 16.8. The molecule has 35 heavy (non-hydrogen) atoms. The van der Waals surface area contributed by atoms with Gasteiger partial charge in [-0.05, 0) is 55.0 Å². The molecule has 0 aliphatic rings. The van der Waals surface area contributed by atoms with Crippen molar-refractivity contribution in [1.29, 1.82) is 0 Å². The minimum Gasteiger partial charge on any atom is -0.324 e. The lowest BCUT2D eigenvalue weighted by atomic mass is 10.1. The Morgan fingerprint density at radius 3 is 2.34 bits per heavy atom. The minimum absolute atomic E-state index is 0.00468. The molecule has 2 heterocycles. The quantitative estimate of drug-likeness (QED) is 0.290. The van der Waals surface area contributed by atoms with E-state index in [4.69, 9.17) is 34.8 Å². The summed E-state index contributed by atoms with van der Waals surface area (Å²) in [7, 11) is 0. The first-order valence-electron chi connectivity index (χ1n) is 10.2. The molecule has 0 unspecified atom stereocenters. The van der Waals surface area contributed by atoms with Gasteiger partial charge in [0.05, 0.1) is 21.3 Å². The number of rotatable bonds is 5. The molecule has 2 amide bonds. The number of nitrogens with one attached hydrogen (secondary N) is 3. The maximum absolute atomic E-state index is 12.7. The van der Waals surface area contributed by atoms with E-state index in [0.717, 1.165) is 11.1 Å². The fourth-order valence-electron chi connectivity index (χ4n) is 3.12. The summed E-state index contributed by atoms with van der Waals surface area (Å²) in [6, 6.07) is 13.3. The van der Waals surface area contributed by atoms with Crippen molar-refractivity contribution in [3.63, 3.8) is 0 Å². The first kappa shape index (κ1) is 24.4. The van der Waals surface area contributed by atoms with E-state index < -0.39 is 11.8 Å². The van der Waals surface area contributed by atoms with Crippen LogP contribution in [0.25, 0.3) is 11.3 Å². The van der Waals surface area contributed by atoms with Crippen LogP contribution >= 0.6 is 34.8 Å². The predicted molar refractivity (Wildman–Crippen MR) is 136 cm³/mol. The average molecular weight is 528 g/mol. The van der Waals surface area contributed by atoms with Crippen molar-refractivity contribution in [2.45, 2.75) is 6.92 Å². The highest BCUT2D eigenvalue weighted by Gasteiger charge is 2.17. The Kier molecular flexibility index (Phi) is 7.45. The molecular formula is C24H17Cl3N6O2. The molecule has 2 aromatic heterocycles. The average Bonchev–Trinajstić information content (AvgIpc) is 2.84. The van der Waals surface area contributed by atoms with Gasteiger partial charge in [0, 0.05) is 40.4 Å². The molecule has 0 radical (unpaired) electrons. The third kappa shape index (κ3) is 5.86. The van der Waals surface area contributed by atoms with E-state index >= 15 is 0 Å². The highest BCUT2D eigenvalue weighted by Crippen LogP contribution is 2.29. The summed E-state index contributed by atoms with van der Waals surface area (Å²) in [5.41, 5.74) is 7.97. The van der Waals surface area contributed by atoms with Crippen molar-refractivity contribution in [3.05, 3.63) is 98.9 Å². The number of hydrazine groups is 1. The van der Waals surface area contributed by atoms with Crippen molar-refractivity contribution in [2.24, 2.45) is 0 Å². The Bertz CT molecular complexity index is 1390. The van der Waals surface area contributed by atoms with Crippen LogP contribution in [0.15, 0.2) is 67.1 Å². The van der Waals surface area contributed by atoms with E-state index in [2.05, 4.69) is 31.1 Å². The number of halogens is 3. The first-order valence-corrected chi connectivity index (χ1v) is 11.3. The molecule has 8 nitrogen and oxygen atoms in total. The molecule has 0 bridgehead atoms. The second kappa shape index (κ2) is 10.7. The number of hydrogen-bond donors (Lipinski definition) is 3. The largest absolute Gasteiger partial charge is 0.324 e. The molecule has 0 atom stereocenters. The molecule has 4 rings (SSSR count). The highest BCUT2D eigenvalue weighted by atomic mass is 35.5. The normalized spacial score (nSPS) is 10.5. The van der Waals surface area contributed by atoms with Crippen LogP contribution in [0.2, 0.25) is 15.1 Å². The zero-order valence-electron chi connectivity index (χ0n) is 18.1. The van der Waals surface area contributed by atoms with Gasteiger partial charge in [-0.1, -0.05) is 40.9 Å². The third-order valence-electron chi connectivity index (χ3n) is 4.88.